The van der Waals surface area contributed by atoms with Crippen LogP contribution in [0.25, 0.3) is 0 Å². The Morgan fingerprint density at radius 1 is 1.17 bits per heavy atom. The number of anilines is 1. The second-order valence-electron chi connectivity index (χ2n) is 6.89. The molecule has 2 aromatic rings. The van der Waals surface area contributed by atoms with Crippen molar-refractivity contribution in [3.05, 3.63) is 58.1 Å². The summed E-state index contributed by atoms with van der Waals surface area (Å²) in [4.78, 5) is 12.6. The predicted octanol–water partition coefficient (Wildman–Crippen LogP) is 3.79. The number of rotatable bonds is 7. The Labute approximate surface area is 180 Å². The normalized spacial score (nSPS) is 16.6. The van der Waals surface area contributed by atoms with E-state index in [0.29, 0.717) is 13.2 Å². The SMILES string of the molecule is Cc1ccc(S(=O)(=O)N(CC(=O)NC[C@@H]2CCCO2)c2cc(Cl)cc(Cl)c2)cc1. The van der Waals surface area contributed by atoms with Crippen LogP contribution < -0.4 is 9.62 Å². The molecule has 6 nitrogen and oxygen atoms in total. The number of aryl methyl sites for hydroxylation is 1. The summed E-state index contributed by atoms with van der Waals surface area (Å²) in [6.45, 7) is 2.48. The van der Waals surface area contributed by atoms with Gasteiger partial charge in [-0.15, -0.1) is 0 Å². The van der Waals surface area contributed by atoms with Crippen LogP contribution >= 0.6 is 23.2 Å². The number of sulfonamides is 1. The summed E-state index contributed by atoms with van der Waals surface area (Å²) < 4.78 is 33.1. The predicted molar refractivity (Wildman–Crippen MR) is 114 cm³/mol. The van der Waals surface area contributed by atoms with Gasteiger partial charge in [-0.1, -0.05) is 40.9 Å². The van der Waals surface area contributed by atoms with E-state index < -0.39 is 22.5 Å². The Balaban J connectivity index is 1.88. The van der Waals surface area contributed by atoms with Crippen molar-refractivity contribution in [2.24, 2.45) is 0 Å². The molecule has 1 aliphatic heterocycles. The second-order valence-corrected chi connectivity index (χ2v) is 9.63. The van der Waals surface area contributed by atoms with Crippen molar-refractivity contribution in [2.75, 3.05) is 24.0 Å². The van der Waals surface area contributed by atoms with Crippen LogP contribution in [-0.2, 0) is 19.6 Å². The van der Waals surface area contributed by atoms with Crippen LogP contribution in [0.4, 0.5) is 5.69 Å². The number of halogens is 2. The molecule has 29 heavy (non-hydrogen) atoms. The van der Waals surface area contributed by atoms with Crippen molar-refractivity contribution in [1.82, 2.24) is 5.32 Å². The van der Waals surface area contributed by atoms with Crippen molar-refractivity contribution in [2.45, 2.75) is 30.8 Å². The lowest BCUT2D eigenvalue weighted by Crippen LogP contribution is -2.42. The molecule has 1 heterocycles. The molecule has 0 unspecified atom stereocenters. The smallest absolute Gasteiger partial charge is 0.264 e. The highest BCUT2D eigenvalue weighted by atomic mass is 35.5. The summed E-state index contributed by atoms with van der Waals surface area (Å²) in [6.07, 6.45) is 1.78. The van der Waals surface area contributed by atoms with E-state index in [1.165, 1.54) is 30.3 Å². The summed E-state index contributed by atoms with van der Waals surface area (Å²) in [5, 5.41) is 3.30. The van der Waals surface area contributed by atoms with Crippen molar-refractivity contribution >= 4 is 44.8 Å². The first-order chi connectivity index (χ1) is 13.8. The van der Waals surface area contributed by atoms with Gasteiger partial charge in [-0.25, -0.2) is 8.42 Å². The zero-order valence-electron chi connectivity index (χ0n) is 15.9. The molecule has 1 N–H and O–H groups in total. The van der Waals surface area contributed by atoms with Gasteiger partial charge in [0.2, 0.25) is 5.91 Å². The van der Waals surface area contributed by atoms with Crippen LogP contribution in [0.15, 0.2) is 47.4 Å². The maximum atomic E-state index is 13.3. The van der Waals surface area contributed by atoms with Crippen LogP contribution in [0.3, 0.4) is 0 Å². The zero-order chi connectivity index (χ0) is 21.0. The quantitative estimate of drug-likeness (QED) is 0.687. The van der Waals surface area contributed by atoms with Crippen LogP contribution in [0, 0.1) is 6.92 Å². The number of hydrogen-bond donors (Lipinski definition) is 1. The van der Waals surface area contributed by atoms with E-state index in [-0.39, 0.29) is 26.7 Å². The van der Waals surface area contributed by atoms with Crippen molar-refractivity contribution < 1.29 is 17.9 Å². The van der Waals surface area contributed by atoms with Crippen LogP contribution in [0.5, 0.6) is 0 Å². The van der Waals surface area contributed by atoms with Gasteiger partial charge in [-0.05, 0) is 50.1 Å². The average Bonchev–Trinajstić information content (AvgIpc) is 3.17. The van der Waals surface area contributed by atoms with E-state index in [1.54, 1.807) is 12.1 Å². The maximum Gasteiger partial charge on any atom is 0.264 e. The molecule has 0 aliphatic carbocycles. The van der Waals surface area contributed by atoms with Crippen molar-refractivity contribution in [3.63, 3.8) is 0 Å². The number of nitrogens with one attached hydrogen (secondary N) is 1. The fourth-order valence-corrected chi connectivity index (χ4v) is 4.97. The molecule has 3 rings (SSSR count). The Hall–Kier alpha value is -1.80. The number of carbonyl (C=O) groups is 1. The molecule has 1 amide bonds. The second kappa shape index (κ2) is 9.34. The highest BCUT2D eigenvalue weighted by molar-refractivity contribution is 7.92. The van der Waals surface area contributed by atoms with Crippen LogP contribution in [0.1, 0.15) is 18.4 Å². The minimum Gasteiger partial charge on any atom is -0.376 e. The number of ether oxygens (including phenoxy) is 1. The third kappa shape index (κ3) is 5.63. The molecular formula is C20H22Cl2N2O4S. The molecule has 1 saturated heterocycles. The lowest BCUT2D eigenvalue weighted by molar-refractivity contribution is -0.120. The summed E-state index contributed by atoms with van der Waals surface area (Å²) in [6, 6.07) is 10.9. The highest BCUT2D eigenvalue weighted by Gasteiger charge is 2.28. The van der Waals surface area contributed by atoms with E-state index >= 15 is 0 Å². The fraction of sp³-hybridized carbons (Fsp3) is 0.350. The molecule has 2 aromatic carbocycles. The Bertz CT molecular complexity index is 954. The number of hydrogen-bond acceptors (Lipinski definition) is 4. The summed E-state index contributed by atoms with van der Waals surface area (Å²) >= 11 is 12.1. The molecule has 9 heteroatoms. The molecule has 0 saturated carbocycles. The van der Waals surface area contributed by atoms with E-state index in [0.717, 1.165) is 22.7 Å². The number of carbonyl (C=O) groups excluding carboxylic acids is 1. The van der Waals surface area contributed by atoms with Crippen molar-refractivity contribution in [3.8, 4) is 0 Å². The Kier molecular flexibility index (Phi) is 7.05. The number of amides is 1. The van der Waals surface area contributed by atoms with E-state index in [9.17, 15) is 13.2 Å². The van der Waals surface area contributed by atoms with E-state index in [4.69, 9.17) is 27.9 Å². The third-order valence-electron chi connectivity index (χ3n) is 4.58. The minimum absolute atomic E-state index is 0.0401. The van der Waals surface area contributed by atoms with Gasteiger partial charge in [-0.3, -0.25) is 9.10 Å². The maximum absolute atomic E-state index is 13.3. The lowest BCUT2D eigenvalue weighted by Gasteiger charge is -2.25. The van der Waals surface area contributed by atoms with Crippen molar-refractivity contribution in [1.29, 1.82) is 0 Å². The fourth-order valence-electron chi connectivity index (χ4n) is 3.06. The first-order valence-corrected chi connectivity index (χ1v) is 11.4. The summed E-state index contributed by atoms with van der Waals surface area (Å²) in [5.41, 5.74) is 1.14. The lowest BCUT2D eigenvalue weighted by atomic mass is 10.2. The van der Waals surface area contributed by atoms with Gasteiger partial charge in [-0.2, -0.15) is 0 Å². The van der Waals surface area contributed by atoms with Gasteiger partial charge < -0.3 is 10.1 Å². The molecule has 1 aliphatic rings. The molecule has 1 atom stereocenters. The zero-order valence-corrected chi connectivity index (χ0v) is 18.2. The average molecular weight is 457 g/mol. The van der Waals surface area contributed by atoms with E-state index in [1.807, 2.05) is 6.92 Å². The molecule has 156 valence electrons. The first kappa shape index (κ1) is 21.9. The monoisotopic (exact) mass is 456 g/mol. The molecule has 1 fully saturated rings. The highest BCUT2D eigenvalue weighted by Crippen LogP contribution is 2.29. The topological polar surface area (TPSA) is 75.7 Å². The first-order valence-electron chi connectivity index (χ1n) is 9.19. The Morgan fingerprint density at radius 3 is 2.41 bits per heavy atom. The largest absolute Gasteiger partial charge is 0.376 e. The number of nitrogens with zero attached hydrogens (tertiary/aromatic N) is 1. The number of benzene rings is 2. The van der Waals surface area contributed by atoms with Gasteiger partial charge in [0.15, 0.2) is 0 Å². The van der Waals surface area contributed by atoms with Gasteiger partial charge in [0, 0.05) is 23.2 Å². The minimum atomic E-state index is -4.01. The summed E-state index contributed by atoms with van der Waals surface area (Å²) in [5.74, 6) is -0.438. The van der Waals surface area contributed by atoms with Crippen LogP contribution in [0.2, 0.25) is 10.0 Å². The van der Waals surface area contributed by atoms with Crippen LogP contribution in [-0.4, -0.2) is 40.1 Å². The van der Waals surface area contributed by atoms with E-state index in [2.05, 4.69) is 5.32 Å². The molecule has 0 spiro atoms. The van der Waals surface area contributed by atoms with Gasteiger partial charge in [0.25, 0.3) is 10.0 Å². The third-order valence-corrected chi connectivity index (χ3v) is 6.81. The summed E-state index contributed by atoms with van der Waals surface area (Å²) in [7, 11) is -4.01. The van der Waals surface area contributed by atoms with Gasteiger partial charge in [0.05, 0.1) is 16.7 Å². The van der Waals surface area contributed by atoms with Gasteiger partial charge >= 0.3 is 0 Å². The molecule has 0 aromatic heterocycles. The molecule has 0 bridgehead atoms. The van der Waals surface area contributed by atoms with Gasteiger partial charge in [0.1, 0.15) is 6.54 Å². The Morgan fingerprint density at radius 2 is 1.83 bits per heavy atom. The standard InChI is InChI=1S/C20H22Cl2N2O4S/c1-14-4-6-19(7-5-14)29(26,27)24(17-10-15(21)9-16(22)11-17)13-20(25)23-12-18-3-2-8-28-18/h4-7,9-11,18H,2-3,8,12-13H2,1H3,(H,23,25)/t18-/m0/s1. The molecule has 0 radical (unpaired) electrons. The molecular weight excluding hydrogens is 435 g/mol.